The Morgan fingerprint density at radius 3 is 2.62 bits per heavy atom. The predicted molar refractivity (Wildman–Crippen MR) is 96.7 cm³/mol. The maximum atomic E-state index is 13.1. The number of aromatic hydroxyl groups is 1. The molecule has 3 rings (SSSR count). The van der Waals surface area contributed by atoms with Crippen molar-refractivity contribution in [3.8, 4) is 11.5 Å². The number of phenolic OH excluding ortho intramolecular Hbond substituents is 1. The summed E-state index contributed by atoms with van der Waals surface area (Å²) in [7, 11) is 1.45. The van der Waals surface area contributed by atoms with Crippen LogP contribution in [0, 0.1) is 5.82 Å². The molecule has 4 nitrogen and oxygen atoms in total. The lowest BCUT2D eigenvalue weighted by atomic mass is 10.2. The van der Waals surface area contributed by atoms with E-state index < -0.39 is 0 Å². The number of phenols is 1. The molecule has 0 spiro atoms. The lowest BCUT2D eigenvalue weighted by Gasteiger charge is -2.14. The molecule has 0 bridgehead atoms. The summed E-state index contributed by atoms with van der Waals surface area (Å²) in [6.45, 7) is 0. The number of carbonyl (C=O) groups excluding carboxylic acids is 1. The van der Waals surface area contributed by atoms with Crippen molar-refractivity contribution in [1.29, 1.82) is 0 Å². The first kappa shape index (κ1) is 16.5. The molecule has 1 aliphatic rings. The van der Waals surface area contributed by atoms with E-state index in [1.165, 1.54) is 54.1 Å². The van der Waals surface area contributed by atoms with Crippen molar-refractivity contribution in [2.45, 2.75) is 0 Å². The molecule has 122 valence electrons. The van der Waals surface area contributed by atoms with Crippen LogP contribution in [0.5, 0.6) is 11.5 Å². The van der Waals surface area contributed by atoms with Gasteiger partial charge < -0.3 is 9.84 Å². The van der Waals surface area contributed by atoms with Gasteiger partial charge in [-0.25, -0.2) is 4.39 Å². The molecule has 0 aromatic heterocycles. The number of methoxy groups -OCH3 is 1. The van der Waals surface area contributed by atoms with Crippen LogP contribution in [-0.4, -0.2) is 22.4 Å². The molecule has 2 aromatic rings. The number of thiocarbonyl (C=S) groups is 1. The minimum Gasteiger partial charge on any atom is -0.504 e. The number of hydrogen-bond acceptors (Lipinski definition) is 5. The summed E-state index contributed by atoms with van der Waals surface area (Å²) in [6.07, 6.45) is 1.67. The number of halogens is 1. The average Bonchev–Trinajstić information content (AvgIpc) is 2.84. The van der Waals surface area contributed by atoms with E-state index in [2.05, 4.69) is 0 Å². The van der Waals surface area contributed by atoms with Crippen LogP contribution in [0.3, 0.4) is 0 Å². The van der Waals surface area contributed by atoms with Crippen molar-refractivity contribution in [3.05, 3.63) is 58.8 Å². The molecule has 0 radical (unpaired) electrons. The fourth-order valence-electron chi connectivity index (χ4n) is 2.22. The summed E-state index contributed by atoms with van der Waals surface area (Å²) in [5, 5.41) is 9.63. The van der Waals surface area contributed by atoms with Crippen molar-refractivity contribution >= 4 is 46.0 Å². The third kappa shape index (κ3) is 3.13. The minimum absolute atomic E-state index is 0.0218. The van der Waals surface area contributed by atoms with E-state index in [4.69, 9.17) is 17.0 Å². The van der Waals surface area contributed by atoms with Gasteiger partial charge >= 0.3 is 0 Å². The van der Waals surface area contributed by atoms with Crippen LogP contribution in [0.25, 0.3) is 6.08 Å². The Labute approximate surface area is 147 Å². The van der Waals surface area contributed by atoms with E-state index in [1.807, 2.05) is 0 Å². The molecule has 24 heavy (non-hydrogen) atoms. The topological polar surface area (TPSA) is 49.8 Å². The van der Waals surface area contributed by atoms with E-state index in [0.29, 0.717) is 26.2 Å². The zero-order valence-corrected chi connectivity index (χ0v) is 14.2. The highest BCUT2D eigenvalue weighted by Gasteiger charge is 2.33. The van der Waals surface area contributed by atoms with Gasteiger partial charge in [0, 0.05) is 0 Å². The number of carbonyl (C=O) groups is 1. The molecule has 1 heterocycles. The summed E-state index contributed by atoms with van der Waals surface area (Å²) < 4.78 is 18.5. The van der Waals surface area contributed by atoms with Crippen LogP contribution in [-0.2, 0) is 4.79 Å². The van der Waals surface area contributed by atoms with E-state index in [1.54, 1.807) is 18.2 Å². The molecular weight excluding hydrogens is 349 g/mol. The Hall–Kier alpha value is -2.38. The Bertz CT molecular complexity index is 849. The molecule has 1 fully saturated rings. The number of thioether (sulfide) groups is 1. The number of benzene rings is 2. The average molecular weight is 361 g/mol. The third-order valence-electron chi connectivity index (χ3n) is 3.38. The number of ether oxygens (including phenoxy) is 1. The quantitative estimate of drug-likeness (QED) is 0.663. The molecule has 2 aromatic carbocycles. The molecule has 0 unspecified atom stereocenters. The summed E-state index contributed by atoms with van der Waals surface area (Å²) in [4.78, 5) is 14.4. The predicted octanol–water partition coefficient (Wildman–Crippen LogP) is 3.95. The first-order valence-corrected chi connectivity index (χ1v) is 8.12. The number of anilines is 1. The Balaban J connectivity index is 1.92. The number of amides is 1. The third-order valence-corrected chi connectivity index (χ3v) is 4.68. The maximum Gasteiger partial charge on any atom is 0.270 e. The van der Waals surface area contributed by atoms with Crippen LogP contribution in [0.15, 0.2) is 47.4 Å². The summed E-state index contributed by atoms with van der Waals surface area (Å²) in [5.41, 5.74) is 1.22. The van der Waals surface area contributed by atoms with Gasteiger partial charge in [-0.15, -0.1) is 0 Å². The number of rotatable bonds is 3. The smallest absolute Gasteiger partial charge is 0.270 e. The first-order valence-electron chi connectivity index (χ1n) is 6.90. The number of nitrogens with zero attached hydrogens (tertiary/aromatic N) is 1. The van der Waals surface area contributed by atoms with Gasteiger partial charge in [0.25, 0.3) is 5.91 Å². The van der Waals surface area contributed by atoms with E-state index >= 15 is 0 Å². The zero-order valence-electron chi connectivity index (χ0n) is 12.5. The summed E-state index contributed by atoms with van der Waals surface area (Å²) in [5.74, 6) is -0.314. The Morgan fingerprint density at radius 1 is 1.25 bits per heavy atom. The second kappa shape index (κ2) is 6.62. The molecule has 7 heteroatoms. The normalized spacial score (nSPS) is 16.1. The van der Waals surface area contributed by atoms with Gasteiger partial charge in [-0.05, 0) is 48.0 Å². The van der Waals surface area contributed by atoms with Gasteiger partial charge in [0.15, 0.2) is 15.8 Å². The molecular formula is C17H12FNO3S2. The van der Waals surface area contributed by atoms with Crippen LogP contribution in [0.2, 0.25) is 0 Å². The van der Waals surface area contributed by atoms with Crippen molar-refractivity contribution in [1.82, 2.24) is 0 Å². The SMILES string of the molecule is COc1cc(C=C2SC(=S)N(c3ccc(F)cc3)C2=O)ccc1O. The van der Waals surface area contributed by atoms with Crippen LogP contribution >= 0.6 is 24.0 Å². The van der Waals surface area contributed by atoms with Gasteiger partial charge in [0.2, 0.25) is 0 Å². The fraction of sp³-hybridized carbons (Fsp3) is 0.0588. The molecule has 1 saturated heterocycles. The fourth-order valence-corrected chi connectivity index (χ4v) is 3.51. The van der Waals surface area contributed by atoms with Gasteiger partial charge in [0.05, 0.1) is 17.7 Å². The molecule has 0 aliphatic carbocycles. The van der Waals surface area contributed by atoms with Crippen molar-refractivity contribution < 1.29 is 19.0 Å². The van der Waals surface area contributed by atoms with Gasteiger partial charge in [-0.3, -0.25) is 9.69 Å². The molecule has 1 amide bonds. The van der Waals surface area contributed by atoms with E-state index in [0.717, 1.165) is 0 Å². The van der Waals surface area contributed by atoms with Gasteiger partial charge in [-0.1, -0.05) is 30.0 Å². The highest BCUT2D eigenvalue weighted by Crippen LogP contribution is 2.37. The maximum absolute atomic E-state index is 13.1. The standard InChI is InChI=1S/C17H12FNO3S2/c1-22-14-8-10(2-7-13(14)20)9-15-16(21)19(17(23)24-15)12-5-3-11(18)4-6-12/h2-9,20H,1H3. The molecule has 0 saturated carbocycles. The summed E-state index contributed by atoms with van der Waals surface area (Å²) in [6, 6.07) is 10.4. The zero-order chi connectivity index (χ0) is 17.3. The van der Waals surface area contributed by atoms with Crippen molar-refractivity contribution in [3.63, 3.8) is 0 Å². The van der Waals surface area contributed by atoms with Crippen LogP contribution < -0.4 is 9.64 Å². The van der Waals surface area contributed by atoms with Crippen LogP contribution in [0.4, 0.5) is 10.1 Å². The largest absolute Gasteiger partial charge is 0.504 e. The minimum atomic E-state index is -0.379. The Morgan fingerprint density at radius 2 is 1.96 bits per heavy atom. The lowest BCUT2D eigenvalue weighted by Crippen LogP contribution is -2.27. The Kier molecular flexibility index (Phi) is 4.55. The second-order valence-corrected chi connectivity index (χ2v) is 6.60. The summed E-state index contributed by atoms with van der Waals surface area (Å²) >= 11 is 6.43. The highest BCUT2D eigenvalue weighted by atomic mass is 32.2. The van der Waals surface area contributed by atoms with Gasteiger partial charge in [0.1, 0.15) is 5.82 Å². The molecule has 1 aliphatic heterocycles. The van der Waals surface area contributed by atoms with Crippen molar-refractivity contribution in [2.75, 3.05) is 12.0 Å². The number of hydrogen-bond donors (Lipinski definition) is 1. The second-order valence-electron chi connectivity index (χ2n) is 4.92. The van der Waals surface area contributed by atoms with Crippen LogP contribution in [0.1, 0.15) is 5.56 Å². The van der Waals surface area contributed by atoms with Gasteiger partial charge in [-0.2, -0.15) is 0 Å². The molecule has 0 atom stereocenters. The van der Waals surface area contributed by atoms with E-state index in [-0.39, 0.29) is 17.5 Å². The first-order chi connectivity index (χ1) is 11.5. The van der Waals surface area contributed by atoms with E-state index in [9.17, 15) is 14.3 Å². The lowest BCUT2D eigenvalue weighted by molar-refractivity contribution is -0.113. The highest BCUT2D eigenvalue weighted by molar-refractivity contribution is 8.27. The monoisotopic (exact) mass is 361 g/mol. The van der Waals surface area contributed by atoms with Crippen molar-refractivity contribution in [2.24, 2.45) is 0 Å². The molecule has 1 N–H and O–H groups in total.